The summed E-state index contributed by atoms with van der Waals surface area (Å²) in [6, 6.07) is 7.72. The zero-order chi connectivity index (χ0) is 12.1. The minimum absolute atomic E-state index is 0.123. The monoisotopic (exact) mass is 249 g/mol. The zero-order valence-corrected chi connectivity index (χ0v) is 10.5. The summed E-state index contributed by atoms with van der Waals surface area (Å²) in [7, 11) is 0. The van der Waals surface area contributed by atoms with Crippen LogP contribution in [0, 0.1) is 0 Å². The molecule has 2 rings (SSSR count). The Morgan fingerprint density at radius 3 is 2.88 bits per heavy atom. The van der Waals surface area contributed by atoms with E-state index in [0.717, 1.165) is 23.4 Å². The number of thiazole rings is 1. The van der Waals surface area contributed by atoms with Crippen LogP contribution in [0.4, 0.5) is 0 Å². The van der Waals surface area contributed by atoms with E-state index in [2.05, 4.69) is 11.9 Å². The molecule has 0 amide bonds. The Morgan fingerprint density at radius 1 is 1.35 bits per heavy atom. The number of rotatable bonds is 5. The van der Waals surface area contributed by atoms with E-state index in [-0.39, 0.29) is 6.61 Å². The molecule has 0 atom stereocenters. The zero-order valence-electron chi connectivity index (χ0n) is 9.72. The standard InChI is InChI=1S/C13H15NO2S/c1-2-11-9-17-13(14-11)16-12-6-4-3-5-10(12)7-8-15/h3-6,9,15H,2,7-8H2,1H3. The highest BCUT2D eigenvalue weighted by Crippen LogP contribution is 2.28. The molecule has 90 valence electrons. The van der Waals surface area contributed by atoms with Crippen LogP contribution in [0.15, 0.2) is 29.6 Å². The lowest BCUT2D eigenvalue weighted by Crippen LogP contribution is -1.95. The van der Waals surface area contributed by atoms with Crippen molar-refractivity contribution in [2.75, 3.05) is 6.61 Å². The smallest absolute Gasteiger partial charge is 0.278 e. The van der Waals surface area contributed by atoms with Gasteiger partial charge in [-0.25, -0.2) is 4.98 Å². The summed E-state index contributed by atoms with van der Waals surface area (Å²) in [5, 5.41) is 11.6. The molecule has 2 aromatic rings. The minimum Gasteiger partial charge on any atom is -0.431 e. The second kappa shape index (κ2) is 5.80. The van der Waals surface area contributed by atoms with Gasteiger partial charge in [0.05, 0.1) is 5.69 Å². The third kappa shape index (κ3) is 3.05. The Bertz CT molecular complexity index is 482. The first-order valence-corrected chi connectivity index (χ1v) is 6.52. The van der Waals surface area contributed by atoms with Gasteiger partial charge in [0.1, 0.15) is 5.75 Å². The maximum Gasteiger partial charge on any atom is 0.278 e. The van der Waals surface area contributed by atoms with Crippen molar-refractivity contribution in [3.63, 3.8) is 0 Å². The molecule has 1 N–H and O–H groups in total. The fourth-order valence-electron chi connectivity index (χ4n) is 1.52. The molecule has 1 heterocycles. The Labute approximate surface area is 105 Å². The number of para-hydroxylation sites is 1. The van der Waals surface area contributed by atoms with Crippen molar-refractivity contribution in [2.45, 2.75) is 19.8 Å². The van der Waals surface area contributed by atoms with E-state index in [1.807, 2.05) is 29.6 Å². The van der Waals surface area contributed by atoms with Crippen LogP contribution in [0.1, 0.15) is 18.2 Å². The van der Waals surface area contributed by atoms with Gasteiger partial charge in [0.25, 0.3) is 5.19 Å². The molecule has 0 radical (unpaired) electrons. The molecule has 4 heteroatoms. The Balaban J connectivity index is 2.17. The number of hydrogen-bond acceptors (Lipinski definition) is 4. The molecule has 0 aliphatic carbocycles. The average Bonchev–Trinajstić information content (AvgIpc) is 2.80. The van der Waals surface area contributed by atoms with E-state index in [0.29, 0.717) is 11.6 Å². The van der Waals surface area contributed by atoms with Crippen LogP contribution in [0.25, 0.3) is 0 Å². The fraction of sp³-hybridized carbons (Fsp3) is 0.308. The van der Waals surface area contributed by atoms with Crippen LogP contribution < -0.4 is 4.74 Å². The number of ether oxygens (including phenoxy) is 1. The molecule has 0 saturated heterocycles. The fourth-order valence-corrected chi connectivity index (χ4v) is 2.29. The second-order valence-electron chi connectivity index (χ2n) is 3.64. The predicted octanol–water partition coefficient (Wildman–Crippen LogP) is 3.03. The third-order valence-corrected chi connectivity index (χ3v) is 3.21. The van der Waals surface area contributed by atoms with Crippen LogP contribution in [0.5, 0.6) is 10.9 Å². The summed E-state index contributed by atoms with van der Waals surface area (Å²) in [6.45, 7) is 2.19. The summed E-state index contributed by atoms with van der Waals surface area (Å²) >= 11 is 1.50. The number of aliphatic hydroxyl groups excluding tert-OH is 1. The molecule has 0 aliphatic rings. The molecule has 0 aliphatic heterocycles. The molecular formula is C13H15NO2S. The van der Waals surface area contributed by atoms with Gasteiger partial charge in [-0.15, -0.1) is 0 Å². The predicted molar refractivity (Wildman–Crippen MR) is 68.8 cm³/mol. The number of aromatic nitrogens is 1. The largest absolute Gasteiger partial charge is 0.431 e. The van der Waals surface area contributed by atoms with Crippen LogP contribution in [0.2, 0.25) is 0 Å². The van der Waals surface area contributed by atoms with Crippen LogP contribution in [-0.4, -0.2) is 16.7 Å². The molecule has 0 fully saturated rings. The van der Waals surface area contributed by atoms with E-state index >= 15 is 0 Å². The molecule has 1 aromatic carbocycles. The average molecular weight is 249 g/mol. The van der Waals surface area contributed by atoms with Gasteiger partial charge in [-0.3, -0.25) is 0 Å². The molecular weight excluding hydrogens is 234 g/mol. The third-order valence-electron chi connectivity index (χ3n) is 2.44. The maximum atomic E-state index is 8.98. The van der Waals surface area contributed by atoms with Crippen molar-refractivity contribution in [3.8, 4) is 10.9 Å². The quantitative estimate of drug-likeness (QED) is 0.885. The maximum absolute atomic E-state index is 8.98. The van der Waals surface area contributed by atoms with Gasteiger partial charge in [-0.1, -0.05) is 36.5 Å². The van der Waals surface area contributed by atoms with Gasteiger partial charge >= 0.3 is 0 Å². The molecule has 1 aromatic heterocycles. The van der Waals surface area contributed by atoms with Crippen molar-refractivity contribution in [3.05, 3.63) is 40.9 Å². The van der Waals surface area contributed by atoms with E-state index in [4.69, 9.17) is 9.84 Å². The number of aliphatic hydroxyl groups is 1. The summed E-state index contributed by atoms with van der Waals surface area (Å²) in [5.74, 6) is 0.776. The first-order valence-electron chi connectivity index (χ1n) is 5.64. The highest BCUT2D eigenvalue weighted by molar-refractivity contribution is 7.11. The summed E-state index contributed by atoms with van der Waals surface area (Å²) < 4.78 is 5.74. The lowest BCUT2D eigenvalue weighted by atomic mass is 10.1. The van der Waals surface area contributed by atoms with E-state index in [9.17, 15) is 0 Å². The van der Waals surface area contributed by atoms with Crippen LogP contribution in [0.3, 0.4) is 0 Å². The number of benzene rings is 1. The molecule has 0 saturated carbocycles. The Morgan fingerprint density at radius 2 is 2.18 bits per heavy atom. The lowest BCUT2D eigenvalue weighted by Gasteiger charge is -2.07. The van der Waals surface area contributed by atoms with Gasteiger partial charge in [-0.2, -0.15) is 0 Å². The second-order valence-corrected chi connectivity index (χ2v) is 4.46. The SMILES string of the molecule is CCc1csc(Oc2ccccc2CCO)n1. The topological polar surface area (TPSA) is 42.4 Å². The summed E-state index contributed by atoms with van der Waals surface area (Å²) in [4.78, 5) is 4.36. The van der Waals surface area contributed by atoms with Crippen molar-refractivity contribution in [2.24, 2.45) is 0 Å². The van der Waals surface area contributed by atoms with Crippen LogP contribution in [-0.2, 0) is 12.8 Å². The Hall–Kier alpha value is -1.39. The number of aryl methyl sites for hydroxylation is 1. The van der Waals surface area contributed by atoms with Crippen molar-refractivity contribution < 1.29 is 9.84 Å². The van der Waals surface area contributed by atoms with Gasteiger partial charge in [-0.05, 0) is 24.5 Å². The molecule has 0 unspecified atom stereocenters. The summed E-state index contributed by atoms with van der Waals surface area (Å²) in [6.07, 6.45) is 1.51. The number of nitrogens with zero attached hydrogens (tertiary/aromatic N) is 1. The highest BCUT2D eigenvalue weighted by Gasteiger charge is 2.06. The first-order chi connectivity index (χ1) is 8.33. The highest BCUT2D eigenvalue weighted by atomic mass is 32.1. The van der Waals surface area contributed by atoms with Gasteiger partial charge in [0.15, 0.2) is 0 Å². The van der Waals surface area contributed by atoms with Crippen molar-refractivity contribution in [1.29, 1.82) is 0 Å². The van der Waals surface area contributed by atoms with Crippen LogP contribution >= 0.6 is 11.3 Å². The van der Waals surface area contributed by atoms with Crippen molar-refractivity contribution in [1.82, 2.24) is 4.98 Å². The van der Waals surface area contributed by atoms with E-state index in [1.165, 1.54) is 11.3 Å². The normalized spacial score (nSPS) is 10.5. The molecule has 0 spiro atoms. The summed E-state index contributed by atoms with van der Waals surface area (Å²) in [5.41, 5.74) is 2.05. The lowest BCUT2D eigenvalue weighted by molar-refractivity contribution is 0.298. The number of hydrogen-bond donors (Lipinski definition) is 1. The van der Waals surface area contributed by atoms with E-state index < -0.39 is 0 Å². The molecule has 17 heavy (non-hydrogen) atoms. The van der Waals surface area contributed by atoms with E-state index in [1.54, 1.807) is 0 Å². The van der Waals surface area contributed by atoms with Gasteiger partial charge in [0.2, 0.25) is 0 Å². The van der Waals surface area contributed by atoms with Gasteiger partial charge < -0.3 is 9.84 Å². The molecule has 0 bridgehead atoms. The Kier molecular flexibility index (Phi) is 4.12. The molecule has 3 nitrogen and oxygen atoms in total. The minimum atomic E-state index is 0.123. The van der Waals surface area contributed by atoms with Crippen molar-refractivity contribution >= 4 is 11.3 Å². The van der Waals surface area contributed by atoms with Gasteiger partial charge in [0, 0.05) is 12.0 Å². The first kappa shape index (κ1) is 12.1.